The van der Waals surface area contributed by atoms with Crippen LogP contribution < -0.4 is 0 Å². The van der Waals surface area contributed by atoms with Crippen LogP contribution in [0.25, 0.3) is 6.08 Å². The minimum atomic E-state index is 0. The van der Waals surface area contributed by atoms with Crippen molar-refractivity contribution in [2.24, 2.45) is 0 Å². The summed E-state index contributed by atoms with van der Waals surface area (Å²) in [6, 6.07) is 5.86. The van der Waals surface area contributed by atoms with Crippen LogP contribution in [0.1, 0.15) is 12.6 Å². The molecule has 0 aliphatic rings. The number of hydrogen-bond acceptors (Lipinski definition) is 1. The van der Waals surface area contributed by atoms with Crippen molar-refractivity contribution in [3.05, 3.63) is 36.2 Å². The molecule has 1 heterocycles. The summed E-state index contributed by atoms with van der Waals surface area (Å²) in [6.45, 7) is 1.98. The van der Waals surface area contributed by atoms with E-state index >= 15 is 0 Å². The molecular formula is C8H10ClN. The van der Waals surface area contributed by atoms with Crippen molar-refractivity contribution in [1.82, 2.24) is 4.98 Å². The zero-order valence-corrected chi connectivity index (χ0v) is 6.64. The van der Waals surface area contributed by atoms with E-state index in [2.05, 4.69) is 4.98 Å². The first-order chi connectivity index (χ1) is 4.43. The molecule has 0 unspecified atom stereocenters. The highest BCUT2D eigenvalue weighted by molar-refractivity contribution is 5.85. The van der Waals surface area contributed by atoms with Crippen molar-refractivity contribution in [2.45, 2.75) is 6.92 Å². The lowest BCUT2D eigenvalue weighted by molar-refractivity contribution is 1.29. The molecule has 1 aromatic heterocycles. The van der Waals surface area contributed by atoms with Crippen molar-refractivity contribution < 1.29 is 0 Å². The highest BCUT2D eigenvalue weighted by Gasteiger charge is 1.79. The van der Waals surface area contributed by atoms with Gasteiger partial charge in [-0.15, -0.1) is 12.4 Å². The van der Waals surface area contributed by atoms with Crippen LogP contribution in [0.3, 0.4) is 0 Å². The Hall–Kier alpha value is -0.820. The van der Waals surface area contributed by atoms with E-state index in [1.54, 1.807) is 6.20 Å². The number of allylic oxidation sites excluding steroid dienone is 1. The Morgan fingerprint density at radius 1 is 1.40 bits per heavy atom. The Morgan fingerprint density at radius 2 is 2.20 bits per heavy atom. The molecule has 0 aliphatic carbocycles. The lowest BCUT2D eigenvalue weighted by Crippen LogP contribution is -1.74. The van der Waals surface area contributed by atoms with Crippen molar-refractivity contribution in [1.29, 1.82) is 0 Å². The van der Waals surface area contributed by atoms with Crippen LogP contribution in [0.15, 0.2) is 30.5 Å². The summed E-state index contributed by atoms with van der Waals surface area (Å²) in [5.41, 5.74) is 1.01. The summed E-state index contributed by atoms with van der Waals surface area (Å²) < 4.78 is 0. The number of rotatable bonds is 1. The van der Waals surface area contributed by atoms with Crippen LogP contribution in [0.5, 0.6) is 0 Å². The molecule has 0 aromatic carbocycles. The highest BCUT2D eigenvalue weighted by Crippen LogP contribution is 1.94. The zero-order valence-electron chi connectivity index (χ0n) is 5.82. The van der Waals surface area contributed by atoms with E-state index in [0.717, 1.165) is 5.69 Å². The predicted octanol–water partition coefficient (Wildman–Crippen LogP) is 2.54. The number of halogens is 1. The third-order valence-electron chi connectivity index (χ3n) is 1.03. The van der Waals surface area contributed by atoms with Gasteiger partial charge < -0.3 is 0 Å². The van der Waals surface area contributed by atoms with E-state index < -0.39 is 0 Å². The standard InChI is InChI=1S/C8H9N.ClH/c1-2-5-8-6-3-4-7-9-8;/h2-7H,1H3;1H. The number of pyridine rings is 1. The molecule has 0 radical (unpaired) electrons. The third-order valence-corrected chi connectivity index (χ3v) is 1.03. The molecule has 0 spiro atoms. The predicted molar refractivity (Wildman–Crippen MR) is 46.2 cm³/mol. The topological polar surface area (TPSA) is 12.9 Å². The normalized spacial score (nSPS) is 9.30. The van der Waals surface area contributed by atoms with Crippen molar-refractivity contribution in [3.63, 3.8) is 0 Å². The second-order valence-corrected chi connectivity index (χ2v) is 1.75. The molecule has 0 atom stereocenters. The minimum Gasteiger partial charge on any atom is -0.257 e. The highest BCUT2D eigenvalue weighted by atomic mass is 35.5. The van der Waals surface area contributed by atoms with Crippen LogP contribution in [0, 0.1) is 0 Å². The maximum absolute atomic E-state index is 4.08. The number of aromatic nitrogens is 1. The maximum atomic E-state index is 4.08. The number of hydrogen-bond donors (Lipinski definition) is 0. The summed E-state index contributed by atoms with van der Waals surface area (Å²) in [4.78, 5) is 4.08. The van der Waals surface area contributed by atoms with E-state index in [-0.39, 0.29) is 12.4 Å². The van der Waals surface area contributed by atoms with Gasteiger partial charge in [-0.1, -0.05) is 12.1 Å². The van der Waals surface area contributed by atoms with Crippen LogP contribution in [-0.2, 0) is 0 Å². The van der Waals surface area contributed by atoms with E-state index in [1.165, 1.54) is 0 Å². The fourth-order valence-electron chi connectivity index (χ4n) is 0.645. The first kappa shape index (κ1) is 9.18. The molecule has 0 fully saturated rings. The fraction of sp³-hybridized carbons (Fsp3) is 0.125. The molecule has 0 aliphatic heterocycles. The van der Waals surface area contributed by atoms with Crippen LogP contribution in [0.4, 0.5) is 0 Å². The van der Waals surface area contributed by atoms with Gasteiger partial charge in [0.25, 0.3) is 0 Å². The number of nitrogens with zero attached hydrogens (tertiary/aromatic N) is 1. The van der Waals surface area contributed by atoms with Gasteiger partial charge in [0, 0.05) is 6.20 Å². The van der Waals surface area contributed by atoms with Gasteiger partial charge in [0.05, 0.1) is 5.69 Å². The summed E-state index contributed by atoms with van der Waals surface area (Å²) in [6.07, 6.45) is 5.73. The van der Waals surface area contributed by atoms with Gasteiger partial charge in [-0.05, 0) is 25.1 Å². The lowest BCUT2D eigenvalue weighted by atomic mass is 10.3. The van der Waals surface area contributed by atoms with Gasteiger partial charge >= 0.3 is 0 Å². The lowest BCUT2D eigenvalue weighted by Gasteiger charge is -1.86. The second-order valence-electron chi connectivity index (χ2n) is 1.75. The molecular weight excluding hydrogens is 146 g/mol. The van der Waals surface area contributed by atoms with Crippen molar-refractivity contribution in [3.8, 4) is 0 Å². The van der Waals surface area contributed by atoms with Crippen LogP contribution in [0.2, 0.25) is 0 Å². The largest absolute Gasteiger partial charge is 0.257 e. The molecule has 1 aromatic rings. The molecule has 0 amide bonds. The van der Waals surface area contributed by atoms with Gasteiger partial charge in [0.2, 0.25) is 0 Å². The molecule has 0 saturated carbocycles. The maximum Gasteiger partial charge on any atom is 0.0626 e. The Morgan fingerprint density at radius 3 is 2.70 bits per heavy atom. The summed E-state index contributed by atoms with van der Waals surface area (Å²) in [5.74, 6) is 0. The molecule has 10 heavy (non-hydrogen) atoms. The molecule has 54 valence electrons. The van der Waals surface area contributed by atoms with Gasteiger partial charge in [0.15, 0.2) is 0 Å². The van der Waals surface area contributed by atoms with Gasteiger partial charge in [-0.2, -0.15) is 0 Å². The van der Waals surface area contributed by atoms with E-state index in [9.17, 15) is 0 Å². The SMILES string of the molecule is CC=Cc1ccccn1.Cl. The molecule has 0 bridgehead atoms. The zero-order chi connectivity index (χ0) is 6.53. The molecule has 2 heteroatoms. The fourth-order valence-corrected chi connectivity index (χ4v) is 0.645. The molecule has 0 N–H and O–H groups in total. The van der Waals surface area contributed by atoms with E-state index in [1.807, 2.05) is 37.3 Å². The summed E-state index contributed by atoms with van der Waals surface area (Å²) in [5, 5.41) is 0. The van der Waals surface area contributed by atoms with Gasteiger partial charge in [-0.3, -0.25) is 4.98 Å². The molecule has 1 rings (SSSR count). The average molecular weight is 156 g/mol. The van der Waals surface area contributed by atoms with Gasteiger partial charge in [0.1, 0.15) is 0 Å². The van der Waals surface area contributed by atoms with Crippen LogP contribution >= 0.6 is 12.4 Å². The Labute approximate surface area is 67.2 Å². The summed E-state index contributed by atoms with van der Waals surface area (Å²) in [7, 11) is 0. The quantitative estimate of drug-likeness (QED) is 0.608. The summed E-state index contributed by atoms with van der Waals surface area (Å²) >= 11 is 0. The smallest absolute Gasteiger partial charge is 0.0626 e. The van der Waals surface area contributed by atoms with Crippen molar-refractivity contribution >= 4 is 18.5 Å². The van der Waals surface area contributed by atoms with Crippen molar-refractivity contribution in [2.75, 3.05) is 0 Å². The molecule has 0 saturated heterocycles. The Bertz CT molecular complexity index is 194. The first-order valence-corrected chi connectivity index (χ1v) is 2.97. The van der Waals surface area contributed by atoms with Gasteiger partial charge in [-0.25, -0.2) is 0 Å². The third kappa shape index (κ3) is 2.65. The molecule has 1 nitrogen and oxygen atoms in total. The van der Waals surface area contributed by atoms with E-state index in [4.69, 9.17) is 0 Å². The Balaban J connectivity index is 0.000000810. The Kier molecular flexibility index (Phi) is 4.59. The first-order valence-electron chi connectivity index (χ1n) is 2.97. The monoisotopic (exact) mass is 155 g/mol. The van der Waals surface area contributed by atoms with Crippen LogP contribution in [-0.4, -0.2) is 4.98 Å². The van der Waals surface area contributed by atoms with E-state index in [0.29, 0.717) is 0 Å². The minimum absolute atomic E-state index is 0. The average Bonchev–Trinajstić information content (AvgIpc) is 1.91. The second kappa shape index (κ2) is 5.00.